The third kappa shape index (κ3) is 3.82. The number of hydrogen-bond acceptors (Lipinski definition) is 3. The summed E-state index contributed by atoms with van der Waals surface area (Å²) < 4.78 is 0. The summed E-state index contributed by atoms with van der Waals surface area (Å²) in [7, 11) is 0. The van der Waals surface area contributed by atoms with Crippen molar-refractivity contribution in [3.63, 3.8) is 0 Å². The van der Waals surface area contributed by atoms with Crippen molar-refractivity contribution in [1.82, 2.24) is 4.98 Å². The molecule has 104 valence electrons. The summed E-state index contributed by atoms with van der Waals surface area (Å²) >= 11 is 0. The molecule has 2 aromatic rings. The fourth-order valence-electron chi connectivity index (χ4n) is 1.90. The van der Waals surface area contributed by atoms with Gasteiger partial charge in [0.1, 0.15) is 0 Å². The molecule has 0 fully saturated rings. The van der Waals surface area contributed by atoms with E-state index in [0.29, 0.717) is 11.6 Å². The fraction of sp³-hybridized carbons (Fsp3) is 0.250. The van der Waals surface area contributed by atoms with E-state index in [1.807, 2.05) is 45.0 Å². The molecule has 20 heavy (non-hydrogen) atoms. The first kappa shape index (κ1) is 14.1. The molecule has 0 atom stereocenters. The summed E-state index contributed by atoms with van der Waals surface area (Å²) in [6, 6.07) is 9.81. The molecule has 1 aromatic heterocycles. The summed E-state index contributed by atoms with van der Waals surface area (Å²) in [5, 5.41) is 6.10. The van der Waals surface area contributed by atoms with E-state index in [2.05, 4.69) is 15.6 Å². The molecular formula is C16H19N3O. The molecule has 0 radical (unpaired) electrons. The van der Waals surface area contributed by atoms with Crippen LogP contribution in [0.25, 0.3) is 0 Å². The van der Waals surface area contributed by atoms with E-state index in [1.165, 1.54) is 0 Å². The molecule has 2 N–H and O–H groups in total. The SMILES string of the molecule is Cc1cccc(NC(=O)c2cncc(NC(C)C)c2)c1. The van der Waals surface area contributed by atoms with Crippen molar-refractivity contribution in [3.8, 4) is 0 Å². The minimum absolute atomic E-state index is 0.157. The third-order valence-electron chi connectivity index (χ3n) is 2.73. The Morgan fingerprint density at radius 1 is 1.15 bits per heavy atom. The maximum atomic E-state index is 12.2. The van der Waals surface area contributed by atoms with Gasteiger partial charge in [0, 0.05) is 24.1 Å². The molecule has 1 amide bonds. The zero-order chi connectivity index (χ0) is 14.5. The van der Waals surface area contributed by atoms with E-state index in [-0.39, 0.29) is 5.91 Å². The molecule has 0 aliphatic carbocycles. The lowest BCUT2D eigenvalue weighted by Crippen LogP contribution is -2.14. The van der Waals surface area contributed by atoms with Crippen molar-refractivity contribution in [1.29, 1.82) is 0 Å². The number of pyridine rings is 1. The van der Waals surface area contributed by atoms with Gasteiger partial charge >= 0.3 is 0 Å². The largest absolute Gasteiger partial charge is 0.382 e. The van der Waals surface area contributed by atoms with Crippen molar-refractivity contribution in [2.75, 3.05) is 10.6 Å². The number of carbonyl (C=O) groups excluding carboxylic acids is 1. The average molecular weight is 269 g/mol. The topological polar surface area (TPSA) is 54.0 Å². The van der Waals surface area contributed by atoms with Crippen LogP contribution in [0.15, 0.2) is 42.7 Å². The first-order valence-electron chi connectivity index (χ1n) is 6.64. The van der Waals surface area contributed by atoms with Crippen LogP contribution < -0.4 is 10.6 Å². The van der Waals surface area contributed by atoms with Gasteiger partial charge < -0.3 is 10.6 Å². The summed E-state index contributed by atoms with van der Waals surface area (Å²) in [5.74, 6) is -0.157. The lowest BCUT2D eigenvalue weighted by molar-refractivity contribution is 0.102. The van der Waals surface area contributed by atoms with Gasteiger partial charge in [-0.1, -0.05) is 12.1 Å². The first-order valence-corrected chi connectivity index (χ1v) is 6.64. The van der Waals surface area contributed by atoms with Gasteiger partial charge in [-0.3, -0.25) is 9.78 Å². The second kappa shape index (κ2) is 6.19. The minimum atomic E-state index is -0.157. The highest BCUT2D eigenvalue weighted by Crippen LogP contribution is 2.14. The van der Waals surface area contributed by atoms with Crippen LogP contribution >= 0.6 is 0 Å². The Kier molecular flexibility index (Phi) is 4.35. The molecule has 1 aromatic carbocycles. The van der Waals surface area contributed by atoms with E-state index in [1.54, 1.807) is 18.5 Å². The lowest BCUT2D eigenvalue weighted by Gasteiger charge is -2.11. The molecule has 4 heteroatoms. The van der Waals surface area contributed by atoms with Crippen LogP contribution in [-0.2, 0) is 0 Å². The Bertz CT molecular complexity index is 608. The minimum Gasteiger partial charge on any atom is -0.382 e. The van der Waals surface area contributed by atoms with Crippen molar-refractivity contribution in [3.05, 3.63) is 53.9 Å². The highest BCUT2D eigenvalue weighted by molar-refractivity contribution is 6.04. The highest BCUT2D eigenvalue weighted by atomic mass is 16.1. The Hall–Kier alpha value is -2.36. The molecule has 0 spiro atoms. The molecule has 0 saturated heterocycles. The second-order valence-electron chi connectivity index (χ2n) is 5.08. The van der Waals surface area contributed by atoms with Crippen LogP contribution in [0.3, 0.4) is 0 Å². The van der Waals surface area contributed by atoms with Crippen LogP contribution in [0.2, 0.25) is 0 Å². The average Bonchev–Trinajstić information content (AvgIpc) is 2.38. The molecule has 2 rings (SSSR count). The first-order chi connectivity index (χ1) is 9.54. The van der Waals surface area contributed by atoms with Crippen LogP contribution in [0, 0.1) is 6.92 Å². The predicted octanol–water partition coefficient (Wildman–Crippen LogP) is 3.46. The van der Waals surface area contributed by atoms with E-state index >= 15 is 0 Å². The van der Waals surface area contributed by atoms with Crippen molar-refractivity contribution >= 4 is 17.3 Å². The number of nitrogens with zero attached hydrogens (tertiary/aromatic N) is 1. The van der Waals surface area contributed by atoms with Gasteiger partial charge in [-0.05, 0) is 44.5 Å². The second-order valence-corrected chi connectivity index (χ2v) is 5.08. The summed E-state index contributed by atoms with van der Waals surface area (Å²) in [5.41, 5.74) is 3.28. The molecule has 1 heterocycles. The Balaban J connectivity index is 2.13. The molecule has 0 aliphatic rings. The van der Waals surface area contributed by atoms with Crippen LogP contribution in [0.5, 0.6) is 0 Å². The van der Waals surface area contributed by atoms with Gasteiger partial charge in [0.05, 0.1) is 11.3 Å². The van der Waals surface area contributed by atoms with Gasteiger partial charge in [-0.15, -0.1) is 0 Å². The number of hydrogen-bond donors (Lipinski definition) is 2. The van der Waals surface area contributed by atoms with Crippen molar-refractivity contribution in [2.45, 2.75) is 26.8 Å². The quantitative estimate of drug-likeness (QED) is 0.893. The van der Waals surface area contributed by atoms with E-state index < -0.39 is 0 Å². The number of aromatic nitrogens is 1. The number of anilines is 2. The van der Waals surface area contributed by atoms with Crippen LogP contribution in [0.4, 0.5) is 11.4 Å². The number of aryl methyl sites for hydroxylation is 1. The predicted molar refractivity (Wildman–Crippen MR) is 82.1 cm³/mol. The van der Waals surface area contributed by atoms with Gasteiger partial charge in [-0.25, -0.2) is 0 Å². The smallest absolute Gasteiger partial charge is 0.257 e. The number of amides is 1. The van der Waals surface area contributed by atoms with Crippen LogP contribution in [-0.4, -0.2) is 16.9 Å². The normalized spacial score (nSPS) is 10.4. The fourth-order valence-corrected chi connectivity index (χ4v) is 1.90. The van der Waals surface area contributed by atoms with E-state index in [0.717, 1.165) is 16.9 Å². The Morgan fingerprint density at radius 2 is 1.95 bits per heavy atom. The third-order valence-corrected chi connectivity index (χ3v) is 2.73. The number of nitrogens with one attached hydrogen (secondary N) is 2. The van der Waals surface area contributed by atoms with E-state index in [4.69, 9.17) is 0 Å². The zero-order valence-corrected chi connectivity index (χ0v) is 12.0. The molecule has 4 nitrogen and oxygen atoms in total. The Morgan fingerprint density at radius 3 is 2.65 bits per heavy atom. The van der Waals surface area contributed by atoms with Gasteiger partial charge in [0.2, 0.25) is 0 Å². The number of benzene rings is 1. The van der Waals surface area contributed by atoms with E-state index in [9.17, 15) is 4.79 Å². The monoisotopic (exact) mass is 269 g/mol. The summed E-state index contributed by atoms with van der Waals surface area (Å²) in [6.45, 7) is 6.07. The maximum Gasteiger partial charge on any atom is 0.257 e. The maximum absolute atomic E-state index is 12.2. The highest BCUT2D eigenvalue weighted by Gasteiger charge is 2.08. The zero-order valence-electron chi connectivity index (χ0n) is 12.0. The van der Waals surface area contributed by atoms with Crippen molar-refractivity contribution in [2.24, 2.45) is 0 Å². The van der Waals surface area contributed by atoms with Crippen LogP contribution in [0.1, 0.15) is 29.8 Å². The number of carbonyl (C=O) groups is 1. The molecule has 0 aliphatic heterocycles. The number of rotatable bonds is 4. The summed E-state index contributed by atoms with van der Waals surface area (Å²) in [6.07, 6.45) is 3.28. The lowest BCUT2D eigenvalue weighted by atomic mass is 10.2. The molecule has 0 unspecified atom stereocenters. The molecule has 0 saturated carbocycles. The van der Waals surface area contributed by atoms with Gasteiger partial charge in [0.25, 0.3) is 5.91 Å². The standard InChI is InChI=1S/C16H19N3O/c1-11(2)18-15-8-13(9-17-10-15)16(20)19-14-6-4-5-12(3)7-14/h4-11,18H,1-3H3,(H,19,20). The molecular weight excluding hydrogens is 250 g/mol. The Labute approximate surface area is 119 Å². The van der Waals surface area contributed by atoms with Crippen molar-refractivity contribution < 1.29 is 4.79 Å². The van der Waals surface area contributed by atoms with Gasteiger partial charge in [-0.2, -0.15) is 0 Å². The summed E-state index contributed by atoms with van der Waals surface area (Å²) in [4.78, 5) is 16.3. The molecule has 0 bridgehead atoms. The van der Waals surface area contributed by atoms with Gasteiger partial charge in [0.15, 0.2) is 0 Å².